The van der Waals surface area contributed by atoms with Gasteiger partial charge in [-0.2, -0.15) is 0 Å². The van der Waals surface area contributed by atoms with Crippen molar-refractivity contribution in [3.05, 3.63) is 35.4 Å². The molecule has 2 fully saturated rings. The van der Waals surface area contributed by atoms with E-state index in [2.05, 4.69) is 29.6 Å². The lowest BCUT2D eigenvalue weighted by Gasteiger charge is -2.26. The van der Waals surface area contributed by atoms with Gasteiger partial charge in [0.15, 0.2) is 0 Å². The lowest BCUT2D eigenvalue weighted by atomic mass is 10.0. The number of likely N-dealkylation sites (tertiary alicyclic amines) is 1. The largest absolute Gasteiger partial charge is 0.342 e. The summed E-state index contributed by atoms with van der Waals surface area (Å²) in [6, 6.07) is 8.64. The molecule has 1 aromatic carbocycles. The Morgan fingerprint density at radius 3 is 2.65 bits per heavy atom. The molecule has 0 aromatic heterocycles. The van der Waals surface area contributed by atoms with E-state index in [0.29, 0.717) is 6.54 Å². The number of hydrogen-bond acceptors (Lipinski definition) is 2. The van der Waals surface area contributed by atoms with Crippen LogP contribution in [0.15, 0.2) is 24.3 Å². The summed E-state index contributed by atoms with van der Waals surface area (Å²) in [5.41, 5.74) is 2.84. The molecule has 0 radical (unpaired) electrons. The third kappa shape index (κ3) is 3.40. The third-order valence-corrected chi connectivity index (χ3v) is 4.37. The van der Waals surface area contributed by atoms with E-state index in [1.165, 1.54) is 30.4 Å². The van der Waals surface area contributed by atoms with Crippen LogP contribution in [0.1, 0.15) is 49.1 Å². The van der Waals surface area contributed by atoms with Crippen LogP contribution in [0, 0.1) is 0 Å². The molecule has 3 rings (SSSR count). The minimum Gasteiger partial charge on any atom is -0.342 e. The highest BCUT2D eigenvalue weighted by atomic mass is 16.2. The number of amides is 1. The first-order valence-electron chi connectivity index (χ1n) is 7.91. The van der Waals surface area contributed by atoms with Crippen LogP contribution < -0.4 is 5.32 Å². The normalized spacial score (nSPS) is 19.1. The summed E-state index contributed by atoms with van der Waals surface area (Å²) in [6.45, 7) is 3.17. The van der Waals surface area contributed by atoms with E-state index in [1.807, 2.05) is 4.90 Å². The Morgan fingerprint density at radius 1 is 1.15 bits per heavy atom. The molecule has 1 aliphatic carbocycles. The molecule has 3 heteroatoms. The molecule has 1 aliphatic heterocycles. The zero-order chi connectivity index (χ0) is 13.8. The van der Waals surface area contributed by atoms with Gasteiger partial charge in [0.2, 0.25) is 5.91 Å². The second kappa shape index (κ2) is 6.40. The Balaban J connectivity index is 1.48. The number of nitrogens with zero attached hydrogens (tertiary/aromatic N) is 1. The Kier molecular flexibility index (Phi) is 4.36. The topological polar surface area (TPSA) is 32.3 Å². The monoisotopic (exact) mass is 272 g/mol. The van der Waals surface area contributed by atoms with Gasteiger partial charge in [-0.1, -0.05) is 24.3 Å². The molecule has 0 unspecified atom stereocenters. The number of rotatable bonds is 5. The molecule has 1 saturated carbocycles. The van der Waals surface area contributed by atoms with Crippen molar-refractivity contribution in [1.82, 2.24) is 10.2 Å². The molecule has 1 amide bonds. The smallest absolute Gasteiger partial charge is 0.236 e. The fourth-order valence-corrected chi connectivity index (χ4v) is 3.05. The molecule has 1 heterocycles. The van der Waals surface area contributed by atoms with Gasteiger partial charge in [0.05, 0.1) is 6.54 Å². The van der Waals surface area contributed by atoms with E-state index in [9.17, 15) is 4.79 Å². The number of benzene rings is 1. The molecule has 0 atom stereocenters. The van der Waals surface area contributed by atoms with Crippen LogP contribution in [-0.4, -0.2) is 30.4 Å². The standard InChI is InChI=1S/C17H24N2O/c20-17(19-10-4-1-5-11-19)13-18-12-15-6-2-3-7-16(15)14-8-9-14/h2-3,6-7,14,18H,1,4-5,8-13H2. The number of carbonyl (C=O) groups is 1. The Bertz CT molecular complexity index is 462. The predicted octanol–water partition coefficient (Wildman–Crippen LogP) is 2.67. The van der Waals surface area contributed by atoms with Gasteiger partial charge in [-0.25, -0.2) is 0 Å². The quantitative estimate of drug-likeness (QED) is 0.894. The maximum Gasteiger partial charge on any atom is 0.236 e. The second-order valence-corrected chi connectivity index (χ2v) is 6.02. The summed E-state index contributed by atoms with van der Waals surface area (Å²) in [4.78, 5) is 14.1. The molecule has 1 aromatic rings. The summed E-state index contributed by atoms with van der Waals surface area (Å²) < 4.78 is 0. The zero-order valence-electron chi connectivity index (χ0n) is 12.1. The first-order chi connectivity index (χ1) is 9.84. The van der Waals surface area contributed by atoms with E-state index in [1.54, 1.807) is 0 Å². The fourth-order valence-electron chi connectivity index (χ4n) is 3.05. The Hall–Kier alpha value is -1.35. The maximum atomic E-state index is 12.1. The van der Waals surface area contributed by atoms with Gasteiger partial charge in [-0.15, -0.1) is 0 Å². The highest BCUT2D eigenvalue weighted by molar-refractivity contribution is 5.78. The molecule has 20 heavy (non-hydrogen) atoms. The number of hydrogen-bond donors (Lipinski definition) is 1. The average molecular weight is 272 g/mol. The van der Waals surface area contributed by atoms with Crippen molar-refractivity contribution in [2.24, 2.45) is 0 Å². The molecule has 1 N–H and O–H groups in total. The molecular weight excluding hydrogens is 248 g/mol. The summed E-state index contributed by atoms with van der Waals surface area (Å²) in [6.07, 6.45) is 6.24. The Morgan fingerprint density at radius 2 is 1.90 bits per heavy atom. The van der Waals surface area contributed by atoms with Crippen LogP contribution in [0.3, 0.4) is 0 Å². The summed E-state index contributed by atoms with van der Waals surface area (Å²) >= 11 is 0. The van der Waals surface area contributed by atoms with E-state index >= 15 is 0 Å². The van der Waals surface area contributed by atoms with E-state index in [0.717, 1.165) is 38.4 Å². The fraction of sp³-hybridized carbons (Fsp3) is 0.588. The van der Waals surface area contributed by atoms with Crippen molar-refractivity contribution in [2.75, 3.05) is 19.6 Å². The second-order valence-electron chi connectivity index (χ2n) is 6.02. The SMILES string of the molecule is O=C(CNCc1ccccc1C1CC1)N1CCCCC1. The highest BCUT2D eigenvalue weighted by Gasteiger charge is 2.25. The Labute approximate surface area is 121 Å². The van der Waals surface area contributed by atoms with Gasteiger partial charge in [-0.3, -0.25) is 4.79 Å². The van der Waals surface area contributed by atoms with E-state index in [-0.39, 0.29) is 5.91 Å². The lowest BCUT2D eigenvalue weighted by Crippen LogP contribution is -2.41. The summed E-state index contributed by atoms with van der Waals surface area (Å²) in [5.74, 6) is 1.03. The van der Waals surface area contributed by atoms with Crippen LogP contribution in [0.5, 0.6) is 0 Å². The molecule has 0 spiro atoms. The molecule has 108 valence electrons. The molecule has 2 aliphatic rings. The molecule has 1 saturated heterocycles. The van der Waals surface area contributed by atoms with E-state index < -0.39 is 0 Å². The van der Waals surface area contributed by atoms with Gasteiger partial charge in [0.1, 0.15) is 0 Å². The van der Waals surface area contributed by atoms with Gasteiger partial charge < -0.3 is 10.2 Å². The average Bonchev–Trinajstić information content (AvgIpc) is 3.33. The third-order valence-electron chi connectivity index (χ3n) is 4.37. The molecular formula is C17H24N2O. The number of piperidine rings is 1. The van der Waals surface area contributed by atoms with Crippen molar-refractivity contribution in [3.63, 3.8) is 0 Å². The van der Waals surface area contributed by atoms with Crippen LogP contribution in [-0.2, 0) is 11.3 Å². The van der Waals surface area contributed by atoms with E-state index in [4.69, 9.17) is 0 Å². The number of nitrogens with one attached hydrogen (secondary N) is 1. The van der Waals surface area contributed by atoms with Crippen molar-refractivity contribution in [1.29, 1.82) is 0 Å². The first kappa shape index (κ1) is 13.6. The zero-order valence-corrected chi connectivity index (χ0v) is 12.1. The predicted molar refractivity (Wildman–Crippen MR) is 80.6 cm³/mol. The summed E-state index contributed by atoms with van der Waals surface area (Å²) in [7, 11) is 0. The van der Waals surface area contributed by atoms with Gasteiger partial charge >= 0.3 is 0 Å². The van der Waals surface area contributed by atoms with Gasteiger partial charge in [0, 0.05) is 19.6 Å². The summed E-state index contributed by atoms with van der Waals surface area (Å²) in [5, 5.41) is 3.33. The van der Waals surface area contributed by atoms with Crippen LogP contribution in [0.25, 0.3) is 0 Å². The highest BCUT2D eigenvalue weighted by Crippen LogP contribution is 2.41. The van der Waals surface area contributed by atoms with Crippen LogP contribution in [0.2, 0.25) is 0 Å². The van der Waals surface area contributed by atoms with Gasteiger partial charge in [-0.05, 0) is 49.1 Å². The van der Waals surface area contributed by atoms with Crippen molar-refractivity contribution in [3.8, 4) is 0 Å². The van der Waals surface area contributed by atoms with Crippen LogP contribution >= 0.6 is 0 Å². The molecule has 3 nitrogen and oxygen atoms in total. The number of carbonyl (C=O) groups excluding carboxylic acids is 1. The minimum absolute atomic E-state index is 0.258. The lowest BCUT2D eigenvalue weighted by molar-refractivity contribution is -0.131. The minimum atomic E-state index is 0.258. The first-order valence-corrected chi connectivity index (χ1v) is 7.91. The van der Waals surface area contributed by atoms with Crippen molar-refractivity contribution in [2.45, 2.75) is 44.6 Å². The van der Waals surface area contributed by atoms with Crippen molar-refractivity contribution >= 4 is 5.91 Å². The van der Waals surface area contributed by atoms with Crippen molar-refractivity contribution < 1.29 is 4.79 Å². The maximum absolute atomic E-state index is 12.1. The van der Waals surface area contributed by atoms with Gasteiger partial charge in [0.25, 0.3) is 0 Å². The molecule has 0 bridgehead atoms. The van der Waals surface area contributed by atoms with Crippen LogP contribution in [0.4, 0.5) is 0 Å².